The molecule has 77 heavy (non-hydrogen) atoms. The molecule has 0 aliphatic carbocycles. The van der Waals surface area contributed by atoms with E-state index in [4.69, 9.17) is 74.4 Å². The molecule has 0 aliphatic heterocycles. The smallest absolute Gasteiger partial charge is 0.335 e. The number of aryl methyl sites for hydroxylation is 2. The lowest BCUT2D eigenvalue weighted by Crippen LogP contribution is -2.22. The summed E-state index contributed by atoms with van der Waals surface area (Å²) < 4.78 is 83.5. The zero-order valence-electron chi connectivity index (χ0n) is 39.9. The van der Waals surface area contributed by atoms with Crippen molar-refractivity contribution in [2.24, 2.45) is 32.9 Å². The second kappa shape index (κ2) is 23.5. The summed E-state index contributed by atoms with van der Waals surface area (Å²) in [6, 6.07) is 32.9. The molecule has 3 heterocycles. The number of anilines is 3. The predicted octanol–water partition coefficient (Wildman–Crippen LogP) is 9.85. The predicted molar refractivity (Wildman–Crippen MR) is 304 cm³/mol. The molecule has 396 valence electrons. The number of halogens is 4. The van der Waals surface area contributed by atoms with Crippen LogP contribution in [0.4, 0.5) is 28.7 Å². The molecule has 6 aromatic carbocycles. The highest BCUT2D eigenvalue weighted by Gasteiger charge is 2.21. The van der Waals surface area contributed by atoms with Gasteiger partial charge in [0.2, 0.25) is 0 Å². The average Bonchev–Trinajstić information content (AvgIpc) is 3.38. The minimum absolute atomic E-state index is 0.0441. The summed E-state index contributed by atoms with van der Waals surface area (Å²) in [7, 11) is -11.6. The van der Waals surface area contributed by atoms with Gasteiger partial charge < -0.3 is 28.0 Å². The summed E-state index contributed by atoms with van der Waals surface area (Å²) >= 11 is 24.4. The maximum absolute atomic E-state index is 12.7. The molecular formula is C50H42Cl4N12O8S3. The Morgan fingerprint density at radius 3 is 1.19 bits per heavy atom. The van der Waals surface area contributed by atoms with E-state index >= 15 is 0 Å². The van der Waals surface area contributed by atoms with Crippen LogP contribution in [0.5, 0.6) is 0 Å². The van der Waals surface area contributed by atoms with Gasteiger partial charge in [0.1, 0.15) is 5.15 Å². The van der Waals surface area contributed by atoms with Crippen LogP contribution in [0.25, 0.3) is 32.3 Å². The number of aromatic carboxylic acids is 1. The van der Waals surface area contributed by atoms with E-state index in [-0.39, 0.29) is 54.6 Å². The monoisotopic (exact) mass is 1170 g/mol. The topological polar surface area (TPSA) is 343 Å². The molecule has 0 bridgehead atoms. The molecule has 3 aromatic heterocycles. The Balaban J connectivity index is 0.000000169. The number of nitrogens with zero attached hydrogens (tertiary/aromatic N) is 5. The van der Waals surface area contributed by atoms with Gasteiger partial charge in [-0.1, -0.05) is 94.9 Å². The van der Waals surface area contributed by atoms with Crippen molar-refractivity contribution >= 4 is 155 Å². The van der Waals surface area contributed by atoms with Gasteiger partial charge in [0.25, 0.3) is 30.1 Å². The zero-order valence-corrected chi connectivity index (χ0v) is 45.4. The number of hydrogen-bond acceptors (Lipinski definition) is 12. The molecule has 20 nitrogen and oxygen atoms in total. The van der Waals surface area contributed by atoms with Crippen molar-refractivity contribution < 1.29 is 35.2 Å². The van der Waals surface area contributed by atoms with E-state index in [0.29, 0.717) is 58.8 Å². The van der Waals surface area contributed by atoms with Crippen LogP contribution >= 0.6 is 46.4 Å². The first-order valence-electron chi connectivity index (χ1n) is 21.9. The summed E-state index contributed by atoms with van der Waals surface area (Å²) in [4.78, 5) is 31.0. The first-order valence-corrected chi connectivity index (χ1v) is 27.9. The molecule has 0 saturated heterocycles. The average molecular weight is 1180 g/mol. The summed E-state index contributed by atoms with van der Waals surface area (Å²) in [5.41, 5.74) is 24.6. The Morgan fingerprint density at radius 2 is 0.818 bits per heavy atom. The van der Waals surface area contributed by atoms with Crippen molar-refractivity contribution in [1.29, 1.82) is 0 Å². The molecule has 0 unspecified atom stereocenters. The molecule has 0 spiro atoms. The van der Waals surface area contributed by atoms with E-state index in [1.54, 1.807) is 48.5 Å². The van der Waals surface area contributed by atoms with Crippen molar-refractivity contribution in [3.8, 4) is 0 Å². The second-order valence-electron chi connectivity index (χ2n) is 16.4. The molecule has 0 aliphatic rings. The summed E-state index contributed by atoms with van der Waals surface area (Å²) in [6.45, 7) is 3.77. The first kappa shape index (κ1) is 56.7. The van der Waals surface area contributed by atoms with Crippen LogP contribution in [0.2, 0.25) is 20.2 Å². The number of aliphatic imine (C=N–C) groups is 2. The van der Waals surface area contributed by atoms with Crippen molar-refractivity contribution in [3.05, 3.63) is 183 Å². The zero-order chi connectivity index (χ0) is 56.0. The second-order valence-corrected chi connectivity index (χ2v) is 23.0. The van der Waals surface area contributed by atoms with Gasteiger partial charge in [-0.15, -0.1) is 0 Å². The number of guanidine groups is 2. The Labute approximate surface area is 461 Å². The number of sulfonamides is 3. The molecule has 9 rings (SSSR count). The highest BCUT2D eigenvalue weighted by atomic mass is 35.5. The normalized spacial score (nSPS) is 11.4. The summed E-state index contributed by atoms with van der Waals surface area (Å²) in [6.07, 6.45) is 4.20. The Bertz CT molecular complexity index is 4210. The van der Waals surface area contributed by atoms with E-state index in [1.165, 1.54) is 85.3 Å². The standard InChI is InChI=1S/C17H14ClN5O4S.C17H16ClN5O2S.C16H12Cl2N2O2S/c18-14-8-21-15(22-17(19)20)13-7-11(4-5-12(13)14)28(26,27)23-10-3-1-2-9(6-10)16(24)25;1-10-3-2-4-11(7-10)23-26(24,25)12-5-6-13-14(8-12)16(22-17(19)20)21-9-15(13)18;1-10-3-2-4-11(7-10)20-23(21,22)12-5-6-13-14(8-12)16(18)19-9-15(13)17/h1-8,23H,(H,24,25)(H4,19,20,21,22);2-9,23H,1H3,(H4,19,20,21,22);2-9,20H,1H3. The fraction of sp³-hybridized carbons (Fsp3) is 0.0400. The van der Waals surface area contributed by atoms with Crippen molar-refractivity contribution in [2.75, 3.05) is 14.2 Å². The van der Waals surface area contributed by atoms with Gasteiger partial charge in [-0.2, -0.15) is 9.98 Å². The Hall–Kier alpha value is -8.03. The van der Waals surface area contributed by atoms with E-state index in [1.807, 2.05) is 26.0 Å². The van der Waals surface area contributed by atoms with E-state index in [2.05, 4.69) is 39.1 Å². The van der Waals surface area contributed by atoms with Crippen LogP contribution < -0.4 is 37.1 Å². The fourth-order valence-corrected chi connectivity index (χ4v) is 11.3. The van der Waals surface area contributed by atoms with Gasteiger partial charge in [-0.05, 0) is 104 Å². The van der Waals surface area contributed by atoms with Gasteiger partial charge in [0.05, 0.1) is 35.3 Å². The molecular weight excluding hydrogens is 1130 g/mol. The van der Waals surface area contributed by atoms with Gasteiger partial charge in [0, 0.05) is 68.0 Å². The fourth-order valence-electron chi connectivity index (χ4n) is 7.20. The SMILES string of the molecule is Cc1cccc(NS(=O)(=O)c2ccc3c(Cl)cnc(Cl)c3c2)c1.Cc1cccc(NS(=O)(=O)c2ccc3c(Cl)cnc(N=C(N)N)c3c2)c1.NC(N)=Nc1ncc(Cl)c2ccc(S(=O)(=O)Nc3cccc(C(=O)O)c3)cc12. The number of carboxylic acids is 1. The highest BCUT2D eigenvalue weighted by Crippen LogP contribution is 2.35. The molecule has 0 saturated carbocycles. The van der Waals surface area contributed by atoms with E-state index in [9.17, 15) is 30.0 Å². The number of nitrogens with one attached hydrogen (secondary N) is 3. The van der Waals surface area contributed by atoms with Gasteiger partial charge in [0.15, 0.2) is 23.6 Å². The largest absolute Gasteiger partial charge is 0.478 e. The minimum Gasteiger partial charge on any atom is -0.478 e. The number of carbonyl (C=O) groups is 1. The molecule has 0 amide bonds. The lowest BCUT2D eigenvalue weighted by atomic mass is 10.1. The van der Waals surface area contributed by atoms with Crippen LogP contribution in [0.15, 0.2) is 171 Å². The lowest BCUT2D eigenvalue weighted by Gasteiger charge is -2.11. The maximum atomic E-state index is 12.7. The number of nitrogens with two attached hydrogens (primary N) is 4. The highest BCUT2D eigenvalue weighted by molar-refractivity contribution is 7.93. The van der Waals surface area contributed by atoms with Gasteiger partial charge in [-0.25, -0.2) is 45.0 Å². The number of aromatic nitrogens is 3. The number of hydrogen-bond donors (Lipinski definition) is 8. The van der Waals surface area contributed by atoms with E-state index in [0.717, 1.165) is 11.1 Å². The molecule has 0 fully saturated rings. The summed E-state index contributed by atoms with van der Waals surface area (Å²) in [5.74, 6) is -1.30. The minimum atomic E-state index is -4.03. The van der Waals surface area contributed by atoms with Crippen LogP contribution in [0, 0.1) is 13.8 Å². The molecule has 12 N–H and O–H groups in total. The molecule has 0 radical (unpaired) electrons. The number of pyridine rings is 3. The van der Waals surface area contributed by atoms with Crippen LogP contribution in [-0.2, 0) is 30.1 Å². The number of benzene rings is 6. The quantitative estimate of drug-likeness (QED) is 0.0320. The van der Waals surface area contributed by atoms with E-state index < -0.39 is 36.0 Å². The molecule has 9 aromatic rings. The number of carboxylic acid groups (broad SMARTS) is 1. The maximum Gasteiger partial charge on any atom is 0.335 e. The lowest BCUT2D eigenvalue weighted by molar-refractivity contribution is 0.0696. The van der Waals surface area contributed by atoms with Crippen molar-refractivity contribution in [2.45, 2.75) is 28.5 Å². The third kappa shape index (κ3) is 14.1. The van der Waals surface area contributed by atoms with Crippen molar-refractivity contribution in [1.82, 2.24) is 15.0 Å². The number of rotatable bonds is 12. The van der Waals surface area contributed by atoms with Gasteiger partial charge in [-0.3, -0.25) is 14.2 Å². The first-order chi connectivity index (χ1) is 36.3. The van der Waals surface area contributed by atoms with Crippen LogP contribution in [0.3, 0.4) is 0 Å². The van der Waals surface area contributed by atoms with Gasteiger partial charge >= 0.3 is 5.97 Å². The molecule has 0 atom stereocenters. The third-order valence-electron chi connectivity index (χ3n) is 10.6. The summed E-state index contributed by atoms with van der Waals surface area (Å²) in [5, 5.41) is 13.4. The Morgan fingerprint density at radius 1 is 0.468 bits per heavy atom. The van der Waals surface area contributed by atoms with Crippen LogP contribution in [-0.4, -0.2) is 63.2 Å². The molecule has 27 heteroatoms. The number of fused-ring (bicyclic) bond motifs is 3. The van der Waals surface area contributed by atoms with Crippen molar-refractivity contribution in [3.63, 3.8) is 0 Å². The van der Waals surface area contributed by atoms with Crippen LogP contribution in [0.1, 0.15) is 21.5 Å². The third-order valence-corrected chi connectivity index (χ3v) is 16.0. The Kier molecular flexibility index (Phi) is 17.3.